The summed E-state index contributed by atoms with van der Waals surface area (Å²) in [5.41, 5.74) is 2.22. The molecule has 0 atom stereocenters. The average Bonchev–Trinajstić information content (AvgIpc) is 2.60. The molecule has 2 aromatic carbocycles. The predicted octanol–water partition coefficient (Wildman–Crippen LogP) is 6.54. The molecule has 0 saturated carbocycles. The van der Waals surface area contributed by atoms with Crippen LogP contribution in [0, 0.1) is 11.8 Å². The largest absolute Gasteiger partial charge is 0.460 e. The van der Waals surface area contributed by atoms with Crippen molar-refractivity contribution in [2.45, 2.75) is 53.4 Å². The van der Waals surface area contributed by atoms with E-state index in [-0.39, 0.29) is 0 Å². The summed E-state index contributed by atoms with van der Waals surface area (Å²) in [5, 5.41) is 0. The lowest BCUT2D eigenvalue weighted by Gasteiger charge is -2.17. The van der Waals surface area contributed by atoms with Gasteiger partial charge in [0.05, 0.1) is 0 Å². The topological polar surface area (TPSA) is 38.7 Å². The van der Waals surface area contributed by atoms with Crippen molar-refractivity contribution in [3.05, 3.63) is 59.7 Å². The standard InChI is InChI=1S/C22H31O3P/c1-17(2)13-15-19-9-5-7-11-21(19)24-26(23)25-22-12-8-6-10-20(22)16-14-18(3)4/h5-12,17-18,23H,13-16H2,1-4H3. The maximum absolute atomic E-state index is 10.4. The van der Waals surface area contributed by atoms with Gasteiger partial charge in [-0.3, -0.25) is 0 Å². The zero-order valence-electron chi connectivity index (χ0n) is 16.3. The van der Waals surface area contributed by atoms with E-state index in [4.69, 9.17) is 9.05 Å². The fourth-order valence-electron chi connectivity index (χ4n) is 2.67. The van der Waals surface area contributed by atoms with Gasteiger partial charge in [0, 0.05) is 0 Å². The van der Waals surface area contributed by atoms with Crippen molar-refractivity contribution in [3.63, 3.8) is 0 Å². The second-order valence-corrected chi connectivity index (χ2v) is 8.34. The summed E-state index contributed by atoms with van der Waals surface area (Å²) in [4.78, 5) is 10.4. The molecule has 142 valence electrons. The number of hydrogen-bond donors (Lipinski definition) is 1. The van der Waals surface area contributed by atoms with Crippen molar-refractivity contribution < 1.29 is 13.9 Å². The first-order chi connectivity index (χ1) is 12.5. The molecule has 26 heavy (non-hydrogen) atoms. The van der Waals surface area contributed by atoms with Gasteiger partial charge in [-0.2, -0.15) is 0 Å². The summed E-state index contributed by atoms with van der Waals surface area (Å²) in [5.74, 6) is 2.67. The zero-order chi connectivity index (χ0) is 18.9. The van der Waals surface area contributed by atoms with Crippen LogP contribution < -0.4 is 9.05 Å². The van der Waals surface area contributed by atoms with Crippen molar-refractivity contribution in [3.8, 4) is 11.5 Å². The Kier molecular flexibility index (Phi) is 8.41. The van der Waals surface area contributed by atoms with Crippen LogP contribution in [0.1, 0.15) is 51.7 Å². The quantitative estimate of drug-likeness (QED) is 0.480. The van der Waals surface area contributed by atoms with Crippen LogP contribution in [-0.4, -0.2) is 4.89 Å². The summed E-state index contributed by atoms with van der Waals surface area (Å²) in [6.45, 7) is 8.83. The molecule has 0 bridgehead atoms. The van der Waals surface area contributed by atoms with Crippen LogP contribution in [0.15, 0.2) is 48.5 Å². The first-order valence-electron chi connectivity index (χ1n) is 9.46. The fraction of sp³-hybridized carbons (Fsp3) is 0.455. The molecule has 2 rings (SSSR count). The Morgan fingerprint density at radius 2 is 1.12 bits per heavy atom. The van der Waals surface area contributed by atoms with Crippen molar-refractivity contribution in [2.75, 3.05) is 0 Å². The van der Waals surface area contributed by atoms with Gasteiger partial charge in [0.15, 0.2) is 0 Å². The number of hydrogen-bond acceptors (Lipinski definition) is 3. The Hall–Kier alpha value is -1.57. The molecular weight excluding hydrogens is 343 g/mol. The highest BCUT2D eigenvalue weighted by molar-refractivity contribution is 7.41. The summed E-state index contributed by atoms with van der Waals surface area (Å²) < 4.78 is 11.5. The lowest BCUT2D eigenvalue weighted by Crippen LogP contribution is -2.01. The van der Waals surface area contributed by atoms with E-state index < -0.39 is 8.60 Å². The maximum Gasteiger partial charge on any atom is 0.460 e. The summed E-state index contributed by atoms with van der Waals surface area (Å²) in [7, 11) is -2.02. The van der Waals surface area contributed by atoms with Crippen molar-refractivity contribution >= 4 is 8.60 Å². The van der Waals surface area contributed by atoms with Gasteiger partial charge in [0.2, 0.25) is 0 Å². The summed E-state index contributed by atoms with van der Waals surface area (Å²) >= 11 is 0. The van der Waals surface area contributed by atoms with Crippen molar-refractivity contribution in [1.29, 1.82) is 0 Å². The molecule has 0 saturated heterocycles. The average molecular weight is 374 g/mol. The highest BCUT2D eigenvalue weighted by Crippen LogP contribution is 2.39. The molecule has 0 amide bonds. The van der Waals surface area contributed by atoms with E-state index in [1.54, 1.807) is 0 Å². The summed E-state index contributed by atoms with van der Waals surface area (Å²) in [6.07, 6.45) is 4.04. The third-order valence-corrected chi connectivity index (χ3v) is 4.99. The highest BCUT2D eigenvalue weighted by Gasteiger charge is 2.16. The molecule has 0 fully saturated rings. The zero-order valence-corrected chi connectivity index (χ0v) is 17.2. The molecule has 0 aliphatic rings. The molecule has 0 heterocycles. The number of benzene rings is 2. The van der Waals surface area contributed by atoms with Gasteiger partial charge in [0.25, 0.3) is 0 Å². The Labute approximate surface area is 159 Å². The van der Waals surface area contributed by atoms with Crippen LogP contribution in [0.5, 0.6) is 11.5 Å². The molecule has 3 nitrogen and oxygen atoms in total. The lowest BCUT2D eigenvalue weighted by atomic mass is 10.0. The SMILES string of the molecule is CC(C)CCc1ccccc1OP(O)Oc1ccccc1CCC(C)C. The third-order valence-electron chi connectivity index (χ3n) is 4.28. The van der Waals surface area contributed by atoms with Gasteiger partial charge >= 0.3 is 8.60 Å². The van der Waals surface area contributed by atoms with Gasteiger partial charge < -0.3 is 13.9 Å². The second kappa shape index (κ2) is 10.5. The molecule has 0 spiro atoms. The van der Waals surface area contributed by atoms with E-state index in [1.165, 1.54) is 0 Å². The van der Waals surface area contributed by atoms with Crippen molar-refractivity contribution in [1.82, 2.24) is 0 Å². The molecule has 1 N–H and O–H groups in total. The van der Waals surface area contributed by atoms with Crippen LogP contribution in [0.25, 0.3) is 0 Å². The first kappa shape index (κ1) is 20.7. The molecule has 0 aliphatic carbocycles. The lowest BCUT2D eigenvalue weighted by molar-refractivity contribution is 0.377. The normalized spacial score (nSPS) is 11.4. The highest BCUT2D eigenvalue weighted by atomic mass is 31.2. The van der Waals surface area contributed by atoms with Crippen molar-refractivity contribution in [2.24, 2.45) is 11.8 Å². The van der Waals surface area contributed by atoms with E-state index >= 15 is 0 Å². The van der Waals surface area contributed by atoms with Gasteiger partial charge in [-0.1, -0.05) is 64.1 Å². The monoisotopic (exact) mass is 374 g/mol. The van der Waals surface area contributed by atoms with Gasteiger partial charge in [-0.15, -0.1) is 0 Å². The van der Waals surface area contributed by atoms with Gasteiger partial charge in [-0.25, -0.2) is 0 Å². The Morgan fingerprint density at radius 1 is 0.731 bits per heavy atom. The van der Waals surface area contributed by atoms with E-state index in [0.29, 0.717) is 23.3 Å². The maximum atomic E-state index is 10.4. The van der Waals surface area contributed by atoms with Gasteiger partial charge in [-0.05, 0) is 60.8 Å². The molecule has 0 aliphatic heterocycles. The molecule has 4 heteroatoms. The smallest absolute Gasteiger partial charge is 0.418 e. The Bertz CT molecular complexity index is 612. The molecule has 0 unspecified atom stereocenters. The van der Waals surface area contributed by atoms with Crippen LogP contribution >= 0.6 is 8.60 Å². The minimum atomic E-state index is -2.02. The molecule has 2 aromatic rings. The number of para-hydroxylation sites is 2. The molecule has 0 aromatic heterocycles. The van der Waals surface area contributed by atoms with E-state index in [1.807, 2.05) is 36.4 Å². The first-order valence-corrected chi connectivity index (χ1v) is 10.6. The Morgan fingerprint density at radius 3 is 1.50 bits per heavy atom. The van der Waals surface area contributed by atoms with E-state index in [2.05, 4.69) is 39.8 Å². The van der Waals surface area contributed by atoms with E-state index in [9.17, 15) is 4.89 Å². The second-order valence-electron chi connectivity index (χ2n) is 7.50. The minimum Gasteiger partial charge on any atom is -0.418 e. The van der Waals surface area contributed by atoms with Crippen LogP contribution in [0.4, 0.5) is 0 Å². The van der Waals surface area contributed by atoms with Crippen LogP contribution in [0.3, 0.4) is 0 Å². The van der Waals surface area contributed by atoms with Gasteiger partial charge in [0.1, 0.15) is 11.5 Å². The fourth-order valence-corrected chi connectivity index (χ4v) is 3.40. The number of rotatable bonds is 10. The predicted molar refractivity (Wildman–Crippen MR) is 110 cm³/mol. The molecular formula is C22H31O3P. The number of aryl methyl sites for hydroxylation is 2. The van der Waals surface area contributed by atoms with Crippen LogP contribution in [0.2, 0.25) is 0 Å². The van der Waals surface area contributed by atoms with E-state index in [0.717, 1.165) is 36.8 Å². The minimum absolute atomic E-state index is 0.628. The Balaban J connectivity index is 2.02. The third kappa shape index (κ3) is 6.97. The summed E-state index contributed by atoms with van der Waals surface area (Å²) in [6, 6.07) is 15.8. The van der Waals surface area contributed by atoms with Crippen LogP contribution in [-0.2, 0) is 12.8 Å². The molecule has 0 radical (unpaired) electrons.